The van der Waals surface area contributed by atoms with Crippen molar-refractivity contribution in [1.82, 2.24) is 0 Å². The summed E-state index contributed by atoms with van der Waals surface area (Å²) in [5, 5.41) is 19.3. The molecule has 0 saturated heterocycles. The van der Waals surface area contributed by atoms with E-state index in [1.54, 1.807) is 0 Å². The SMILES string of the molecule is [O]CCOCC[N+](=O)[O-]. The van der Waals surface area contributed by atoms with Crippen LogP contribution in [0.2, 0.25) is 0 Å². The lowest BCUT2D eigenvalue weighted by molar-refractivity contribution is -0.483. The monoisotopic (exact) mass is 134 g/mol. The minimum atomic E-state index is -0.481. The van der Waals surface area contributed by atoms with Gasteiger partial charge in [0.2, 0.25) is 6.54 Å². The Kier molecular flexibility index (Phi) is 5.04. The molecule has 5 nitrogen and oxygen atoms in total. The highest BCUT2D eigenvalue weighted by Crippen LogP contribution is 1.74. The molecule has 0 atom stereocenters. The van der Waals surface area contributed by atoms with Crippen molar-refractivity contribution in [3.05, 3.63) is 10.1 Å². The van der Waals surface area contributed by atoms with Crippen LogP contribution in [0, 0.1) is 10.1 Å². The Bertz CT molecular complexity index is 84.6. The second-order valence-corrected chi connectivity index (χ2v) is 1.37. The molecule has 0 bridgehead atoms. The quantitative estimate of drug-likeness (QED) is 0.294. The van der Waals surface area contributed by atoms with E-state index < -0.39 is 4.92 Å². The zero-order chi connectivity index (χ0) is 7.11. The van der Waals surface area contributed by atoms with Gasteiger partial charge in [0.05, 0.1) is 6.61 Å². The number of ether oxygens (including phenoxy) is 1. The zero-order valence-corrected chi connectivity index (χ0v) is 4.91. The van der Waals surface area contributed by atoms with Crippen LogP contribution in [0.15, 0.2) is 0 Å². The fourth-order valence-electron chi connectivity index (χ4n) is 0.300. The summed E-state index contributed by atoms with van der Waals surface area (Å²) < 4.78 is 4.54. The normalized spacial score (nSPS) is 9.44. The Morgan fingerprint density at radius 2 is 2.11 bits per heavy atom. The summed E-state index contributed by atoms with van der Waals surface area (Å²) in [4.78, 5) is 9.13. The van der Waals surface area contributed by atoms with E-state index in [1.807, 2.05) is 0 Å². The Morgan fingerprint density at radius 3 is 2.56 bits per heavy atom. The van der Waals surface area contributed by atoms with Gasteiger partial charge in [-0.3, -0.25) is 10.1 Å². The van der Waals surface area contributed by atoms with Gasteiger partial charge in [0.25, 0.3) is 0 Å². The first-order chi connectivity index (χ1) is 4.27. The Hall–Kier alpha value is -0.680. The van der Waals surface area contributed by atoms with Gasteiger partial charge in [0.15, 0.2) is 0 Å². The van der Waals surface area contributed by atoms with Crippen LogP contribution in [0.3, 0.4) is 0 Å². The van der Waals surface area contributed by atoms with Crippen molar-refractivity contribution >= 4 is 0 Å². The molecule has 0 aromatic carbocycles. The molecule has 0 aliphatic rings. The van der Waals surface area contributed by atoms with Crippen LogP contribution >= 0.6 is 0 Å². The fourth-order valence-corrected chi connectivity index (χ4v) is 0.300. The smallest absolute Gasteiger partial charge is 0.226 e. The third kappa shape index (κ3) is 7.32. The van der Waals surface area contributed by atoms with E-state index in [0.717, 1.165) is 0 Å². The summed E-state index contributed by atoms with van der Waals surface area (Å²) in [5.74, 6) is 0. The largest absolute Gasteiger partial charge is 0.372 e. The number of hydrogen-bond acceptors (Lipinski definition) is 3. The summed E-state index contributed by atoms with van der Waals surface area (Å²) in [7, 11) is 0. The van der Waals surface area contributed by atoms with Gasteiger partial charge in [-0.1, -0.05) is 0 Å². The number of nitrogens with zero attached hydrogens (tertiary/aromatic N) is 1. The summed E-state index contributed by atoms with van der Waals surface area (Å²) in [6.45, 7) is -0.458. The lowest BCUT2D eigenvalue weighted by atomic mass is 10.7. The van der Waals surface area contributed by atoms with E-state index >= 15 is 0 Å². The zero-order valence-electron chi connectivity index (χ0n) is 4.91. The van der Waals surface area contributed by atoms with Crippen LogP contribution < -0.4 is 0 Å². The highest BCUT2D eigenvalue weighted by Gasteiger charge is 1.94. The predicted octanol–water partition coefficient (Wildman–Crippen LogP) is -0.290. The van der Waals surface area contributed by atoms with E-state index in [2.05, 4.69) is 4.74 Å². The van der Waals surface area contributed by atoms with Crippen LogP contribution in [-0.4, -0.2) is 31.3 Å². The molecule has 0 fully saturated rings. The second kappa shape index (κ2) is 5.46. The molecular formula is C4H8NO4. The maximum absolute atomic E-state index is 9.68. The molecule has 0 aliphatic carbocycles. The summed E-state index contributed by atoms with van der Waals surface area (Å²) >= 11 is 0. The molecule has 0 spiro atoms. The number of nitro groups is 1. The molecule has 0 rings (SSSR count). The first-order valence-corrected chi connectivity index (χ1v) is 2.55. The molecule has 0 unspecified atom stereocenters. The van der Waals surface area contributed by atoms with Crippen LogP contribution in [0.25, 0.3) is 0 Å². The lowest BCUT2D eigenvalue weighted by Gasteiger charge is -1.94. The molecule has 53 valence electrons. The van der Waals surface area contributed by atoms with Gasteiger partial charge in [-0.2, -0.15) is 0 Å². The second-order valence-electron chi connectivity index (χ2n) is 1.37. The average Bonchev–Trinajstić information content (AvgIpc) is 1.80. The van der Waals surface area contributed by atoms with Crippen molar-refractivity contribution < 1.29 is 14.8 Å². The topological polar surface area (TPSA) is 72.3 Å². The molecule has 1 radical (unpaired) electrons. The molecule has 5 heteroatoms. The third-order valence-corrected chi connectivity index (χ3v) is 0.646. The van der Waals surface area contributed by atoms with E-state index in [9.17, 15) is 15.2 Å². The van der Waals surface area contributed by atoms with Gasteiger partial charge in [-0.05, 0) is 0 Å². The minimum Gasteiger partial charge on any atom is -0.372 e. The molecule has 9 heavy (non-hydrogen) atoms. The number of hydrogen-bond donors (Lipinski definition) is 0. The predicted molar refractivity (Wildman–Crippen MR) is 28.2 cm³/mol. The molecular weight excluding hydrogens is 126 g/mol. The van der Waals surface area contributed by atoms with Gasteiger partial charge in [0.1, 0.15) is 13.2 Å². The van der Waals surface area contributed by atoms with Gasteiger partial charge in [-0.25, -0.2) is 5.11 Å². The molecule has 0 saturated carbocycles. The van der Waals surface area contributed by atoms with Crippen molar-refractivity contribution in [2.24, 2.45) is 0 Å². The van der Waals surface area contributed by atoms with Crippen LogP contribution in [0.5, 0.6) is 0 Å². The molecule has 0 N–H and O–H groups in total. The minimum absolute atomic E-state index is 0.0369. The first kappa shape index (κ1) is 8.32. The van der Waals surface area contributed by atoms with Gasteiger partial charge in [0, 0.05) is 4.92 Å². The van der Waals surface area contributed by atoms with Gasteiger partial charge in [-0.15, -0.1) is 0 Å². The summed E-state index contributed by atoms with van der Waals surface area (Å²) in [6, 6.07) is 0. The summed E-state index contributed by atoms with van der Waals surface area (Å²) in [6.07, 6.45) is 0. The van der Waals surface area contributed by atoms with E-state index in [4.69, 9.17) is 0 Å². The third-order valence-electron chi connectivity index (χ3n) is 0.646. The average molecular weight is 134 g/mol. The Labute approximate surface area is 52.4 Å². The van der Waals surface area contributed by atoms with E-state index in [0.29, 0.717) is 0 Å². The lowest BCUT2D eigenvalue weighted by Crippen LogP contribution is -2.10. The summed E-state index contributed by atoms with van der Waals surface area (Å²) in [5.41, 5.74) is 0. The Balaban J connectivity index is 2.83. The Morgan fingerprint density at radius 1 is 1.44 bits per heavy atom. The van der Waals surface area contributed by atoms with Crippen molar-refractivity contribution in [3.8, 4) is 0 Å². The fraction of sp³-hybridized carbons (Fsp3) is 1.00. The van der Waals surface area contributed by atoms with Crippen LogP contribution in [-0.2, 0) is 9.84 Å². The van der Waals surface area contributed by atoms with Gasteiger partial charge < -0.3 is 4.74 Å². The van der Waals surface area contributed by atoms with Crippen molar-refractivity contribution in [2.75, 3.05) is 26.4 Å². The standard InChI is InChI=1S/C4H8NO4/c6-2-4-9-3-1-5(7)8/h1-4H2. The molecule has 0 amide bonds. The number of rotatable bonds is 5. The van der Waals surface area contributed by atoms with Crippen molar-refractivity contribution in [1.29, 1.82) is 0 Å². The highest BCUT2D eigenvalue weighted by molar-refractivity contribution is 4.26. The van der Waals surface area contributed by atoms with Crippen molar-refractivity contribution in [2.45, 2.75) is 0 Å². The highest BCUT2D eigenvalue weighted by atomic mass is 16.6. The molecule has 0 aromatic rings. The van der Waals surface area contributed by atoms with E-state index in [-0.39, 0.29) is 26.4 Å². The van der Waals surface area contributed by atoms with Gasteiger partial charge >= 0.3 is 0 Å². The molecule has 0 aromatic heterocycles. The van der Waals surface area contributed by atoms with E-state index in [1.165, 1.54) is 0 Å². The maximum atomic E-state index is 9.68. The van der Waals surface area contributed by atoms with Crippen molar-refractivity contribution in [3.63, 3.8) is 0 Å². The van der Waals surface area contributed by atoms with Crippen LogP contribution in [0.4, 0.5) is 0 Å². The van der Waals surface area contributed by atoms with Crippen LogP contribution in [0.1, 0.15) is 0 Å². The maximum Gasteiger partial charge on any atom is 0.226 e. The molecule has 0 heterocycles. The molecule has 0 aliphatic heterocycles. The first-order valence-electron chi connectivity index (χ1n) is 2.55.